The van der Waals surface area contributed by atoms with E-state index in [2.05, 4.69) is 20.1 Å². The second-order valence-corrected chi connectivity index (χ2v) is 7.75. The molecule has 0 aliphatic heterocycles. The van der Waals surface area contributed by atoms with Crippen molar-refractivity contribution in [3.05, 3.63) is 35.9 Å². The van der Waals surface area contributed by atoms with Crippen LogP contribution < -0.4 is 10.6 Å². The quantitative estimate of drug-likeness (QED) is 0.171. The smallest absolute Gasteiger partial charge is 0.407 e. The zero-order valence-electron chi connectivity index (χ0n) is 20.5. The molecule has 0 saturated heterocycles. The summed E-state index contributed by atoms with van der Waals surface area (Å²) in [5, 5.41) is 5.17. The number of unbranched alkanes of at least 4 members (excludes halogenated alkanes) is 2. The van der Waals surface area contributed by atoms with Crippen molar-refractivity contribution in [2.45, 2.75) is 45.3 Å². The maximum absolute atomic E-state index is 12.4. The van der Waals surface area contributed by atoms with Crippen molar-refractivity contribution < 1.29 is 42.9 Å². The molecule has 11 nitrogen and oxygen atoms in total. The summed E-state index contributed by atoms with van der Waals surface area (Å²) in [4.78, 5) is 60.5. The van der Waals surface area contributed by atoms with E-state index in [-0.39, 0.29) is 13.0 Å². The molecule has 1 rings (SSSR count). The third-order valence-electron chi connectivity index (χ3n) is 5.30. The van der Waals surface area contributed by atoms with Crippen LogP contribution in [0.25, 0.3) is 0 Å². The predicted molar refractivity (Wildman–Crippen MR) is 124 cm³/mol. The second kappa shape index (κ2) is 16.1. The van der Waals surface area contributed by atoms with Gasteiger partial charge in [0.15, 0.2) is 5.92 Å². The molecule has 2 amide bonds. The molecule has 0 bridgehead atoms. The number of carbonyl (C=O) groups is 5. The van der Waals surface area contributed by atoms with Gasteiger partial charge in [-0.25, -0.2) is 9.59 Å². The molecule has 0 aromatic heterocycles. The molecule has 2 N–H and O–H groups in total. The Labute approximate surface area is 204 Å². The predicted octanol–water partition coefficient (Wildman–Crippen LogP) is 1.73. The molecular formula is C24H34N2O9. The first-order valence-corrected chi connectivity index (χ1v) is 11.2. The van der Waals surface area contributed by atoms with Crippen molar-refractivity contribution in [2.24, 2.45) is 11.8 Å². The molecular weight excluding hydrogens is 460 g/mol. The van der Waals surface area contributed by atoms with Crippen LogP contribution in [-0.2, 0) is 44.7 Å². The van der Waals surface area contributed by atoms with Crippen LogP contribution in [0.5, 0.6) is 0 Å². The van der Waals surface area contributed by atoms with Gasteiger partial charge in [-0.15, -0.1) is 0 Å². The third-order valence-corrected chi connectivity index (χ3v) is 5.30. The van der Waals surface area contributed by atoms with Crippen LogP contribution >= 0.6 is 0 Å². The number of carbonyl (C=O) groups excluding carboxylic acids is 5. The van der Waals surface area contributed by atoms with E-state index in [0.29, 0.717) is 25.8 Å². The maximum atomic E-state index is 12.4. The highest BCUT2D eigenvalue weighted by atomic mass is 16.6. The lowest BCUT2D eigenvalue weighted by molar-refractivity contribution is -0.163. The Hall–Kier alpha value is -3.63. The minimum absolute atomic E-state index is 0.0970. The Kier molecular flexibility index (Phi) is 13.5. The maximum Gasteiger partial charge on any atom is 0.407 e. The third kappa shape index (κ3) is 10.4. The highest BCUT2D eigenvalue weighted by Gasteiger charge is 2.42. The second-order valence-electron chi connectivity index (χ2n) is 7.75. The SMILES string of the molecule is COC(=O)C(C(=O)OC)[C@H](C)[C@@H](NC(=O)CCCCCNC(=O)OCc1ccccc1)C(=O)OC. The van der Waals surface area contributed by atoms with Gasteiger partial charge < -0.3 is 29.6 Å². The van der Waals surface area contributed by atoms with Crippen molar-refractivity contribution in [1.82, 2.24) is 10.6 Å². The van der Waals surface area contributed by atoms with E-state index in [0.717, 1.165) is 26.9 Å². The molecule has 2 atom stereocenters. The Morgan fingerprint density at radius 2 is 1.43 bits per heavy atom. The first-order chi connectivity index (χ1) is 16.7. The Bertz CT molecular complexity index is 829. The fourth-order valence-electron chi connectivity index (χ4n) is 3.30. The zero-order chi connectivity index (χ0) is 26.2. The fraction of sp³-hybridized carbons (Fsp3) is 0.542. The number of amides is 2. The summed E-state index contributed by atoms with van der Waals surface area (Å²) in [5.74, 6) is -5.41. The van der Waals surface area contributed by atoms with Gasteiger partial charge in [-0.2, -0.15) is 0 Å². The van der Waals surface area contributed by atoms with Gasteiger partial charge in [0.1, 0.15) is 12.6 Å². The van der Waals surface area contributed by atoms with Crippen LogP contribution in [0, 0.1) is 11.8 Å². The molecule has 11 heteroatoms. The van der Waals surface area contributed by atoms with Crippen LogP contribution in [0.15, 0.2) is 30.3 Å². The normalized spacial score (nSPS) is 12.1. The van der Waals surface area contributed by atoms with E-state index in [1.165, 1.54) is 6.92 Å². The number of hydrogen-bond donors (Lipinski definition) is 2. The summed E-state index contributed by atoms with van der Waals surface area (Å²) in [6.45, 7) is 2.01. The Balaban J connectivity index is 2.43. The van der Waals surface area contributed by atoms with E-state index in [9.17, 15) is 24.0 Å². The van der Waals surface area contributed by atoms with Crippen LogP contribution in [-0.4, -0.2) is 63.8 Å². The molecule has 0 aliphatic rings. The van der Waals surface area contributed by atoms with E-state index >= 15 is 0 Å². The van der Waals surface area contributed by atoms with E-state index < -0.39 is 47.8 Å². The standard InChI is InChI=1S/C24H34N2O9/c1-16(19(21(28)32-2)22(29)33-3)20(23(30)34-4)26-18(27)13-9-6-10-14-25-24(31)35-15-17-11-7-5-8-12-17/h5,7-8,11-12,16,19-20H,6,9-10,13-15H2,1-4H3,(H,25,31)(H,26,27)/t16-,20+/m0/s1. The van der Waals surface area contributed by atoms with Gasteiger partial charge in [-0.3, -0.25) is 14.4 Å². The molecule has 0 unspecified atom stereocenters. The minimum atomic E-state index is -1.41. The summed E-state index contributed by atoms with van der Waals surface area (Å²) >= 11 is 0. The van der Waals surface area contributed by atoms with E-state index in [1.807, 2.05) is 30.3 Å². The van der Waals surface area contributed by atoms with Crippen LogP contribution in [0.2, 0.25) is 0 Å². The van der Waals surface area contributed by atoms with Gasteiger partial charge in [0.2, 0.25) is 5.91 Å². The van der Waals surface area contributed by atoms with Crippen molar-refractivity contribution in [2.75, 3.05) is 27.9 Å². The summed E-state index contributed by atoms with van der Waals surface area (Å²) < 4.78 is 19.1. The van der Waals surface area contributed by atoms with Gasteiger partial charge >= 0.3 is 24.0 Å². The number of benzene rings is 1. The number of methoxy groups -OCH3 is 3. The number of hydrogen-bond acceptors (Lipinski definition) is 9. The molecule has 1 aromatic rings. The molecule has 0 aliphatic carbocycles. The van der Waals surface area contributed by atoms with Crippen molar-refractivity contribution >= 4 is 29.9 Å². The largest absolute Gasteiger partial charge is 0.468 e. The van der Waals surface area contributed by atoms with Crippen LogP contribution in [0.1, 0.15) is 38.2 Å². The van der Waals surface area contributed by atoms with E-state index in [1.54, 1.807) is 0 Å². The number of nitrogens with one attached hydrogen (secondary N) is 2. The van der Waals surface area contributed by atoms with Crippen molar-refractivity contribution in [3.63, 3.8) is 0 Å². The van der Waals surface area contributed by atoms with Gasteiger partial charge in [-0.05, 0) is 18.4 Å². The summed E-state index contributed by atoms with van der Waals surface area (Å²) in [6.07, 6.45) is 1.33. The first-order valence-electron chi connectivity index (χ1n) is 11.2. The average Bonchev–Trinajstić information content (AvgIpc) is 2.87. The summed E-state index contributed by atoms with van der Waals surface area (Å²) in [5.41, 5.74) is 0.887. The van der Waals surface area contributed by atoms with Crippen molar-refractivity contribution in [3.8, 4) is 0 Å². The van der Waals surface area contributed by atoms with Gasteiger partial charge in [0.05, 0.1) is 21.3 Å². The van der Waals surface area contributed by atoms with Crippen molar-refractivity contribution in [1.29, 1.82) is 0 Å². The minimum Gasteiger partial charge on any atom is -0.468 e. The summed E-state index contributed by atoms with van der Waals surface area (Å²) in [6, 6.07) is 8.05. The molecule has 0 spiro atoms. The van der Waals surface area contributed by atoms with Gasteiger partial charge in [0, 0.05) is 18.9 Å². The molecule has 1 aromatic carbocycles. The average molecular weight is 495 g/mol. The lowest BCUT2D eigenvalue weighted by Gasteiger charge is -2.27. The monoisotopic (exact) mass is 494 g/mol. The fourth-order valence-corrected chi connectivity index (χ4v) is 3.30. The number of ether oxygens (including phenoxy) is 4. The van der Waals surface area contributed by atoms with Gasteiger partial charge in [0.25, 0.3) is 0 Å². The highest BCUT2D eigenvalue weighted by molar-refractivity contribution is 5.96. The van der Waals surface area contributed by atoms with E-state index in [4.69, 9.17) is 9.47 Å². The lowest BCUT2D eigenvalue weighted by atomic mass is 9.87. The molecule has 0 radical (unpaired) electrons. The molecule has 194 valence electrons. The number of alkyl carbamates (subject to hydrolysis) is 1. The zero-order valence-corrected chi connectivity index (χ0v) is 20.5. The lowest BCUT2D eigenvalue weighted by Crippen LogP contribution is -2.51. The Morgan fingerprint density at radius 1 is 0.829 bits per heavy atom. The molecule has 0 heterocycles. The molecule has 35 heavy (non-hydrogen) atoms. The number of rotatable bonds is 14. The van der Waals surface area contributed by atoms with Gasteiger partial charge in [-0.1, -0.05) is 43.7 Å². The molecule has 0 saturated carbocycles. The van der Waals surface area contributed by atoms with Crippen LogP contribution in [0.3, 0.4) is 0 Å². The topological polar surface area (TPSA) is 146 Å². The van der Waals surface area contributed by atoms with Crippen LogP contribution in [0.4, 0.5) is 4.79 Å². The summed E-state index contributed by atoms with van der Waals surface area (Å²) in [7, 11) is 3.35. The number of esters is 3. The first kappa shape index (κ1) is 29.4. The Morgan fingerprint density at radius 3 is 2.00 bits per heavy atom. The highest BCUT2D eigenvalue weighted by Crippen LogP contribution is 2.20. The molecule has 0 fully saturated rings.